The van der Waals surface area contributed by atoms with E-state index in [1.807, 2.05) is 0 Å². The number of allylic oxidation sites excluding steroid dienone is 1. The van der Waals surface area contributed by atoms with Crippen molar-refractivity contribution < 1.29 is 33.3 Å². The minimum atomic E-state index is -0.784. The maximum Gasteiger partial charge on any atom is 0.347 e. The molecule has 3 rings (SSSR count). The Balaban J connectivity index is 1.75. The first-order valence-corrected chi connectivity index (χ1v) is 9.03. The van der Waals surface area contributed by atoms with E-state index < -0.39 is 18.0 Å². The van der Waals surface area contributed by atoms with Crippen LogP contribution in [0.1, 0.15) is 40.1 Å². The van der Waals surface area contributed by atoms with Crippen LogP contribution >= 0.6 is 0 Å². The highest BCUT2D eigenvalue weighted by Crippen LogP contribution is 2.35. The topological polar surface area (TPSA) is 88.1 Å². The minimum absolute atomic E-state index is 0.154. The molecule has 2 aromatic rings. The molecule has 7 heteroatoms. The second-order valence-corrected chi connectivity index (χ2v) is 6.22. The van der Waals surface area contributed by atoms with Gasteiger partial charge in [0.1, 0.15) is 11.5 Å². The Morgan fingerprint density at radius 3 is 2.52 bits per heavy atom. The number of ketones is 1. The van der Waals surface area contributed by atoms with Gasteiger partial charge >= 0.3 is 11.9 Å². The van der Waals surface area contributed by atoms with Gasteiger partial charge in [-0.05, 0) is 49.8 Å². The normalized spacial score (nSPS) is 14.7. The van der Waals surface area contributed by atoms with Crippen LogP contribution in [-0.4, -0.2) is 37.5 Å². The molecule has 1 aliphatic rings. The Morgan fingerprint density at radius 2 is 1.86 bits per heavy atom. The summed E-state index contributed by atoms with van der Waals surface area (Å²) in [4.78, 5) is 35.8. The van der Waals surface area contributed by atoms with Gasteiger partial charge in [0, 0.05) is 6.07 Å². The number of methoxy groups -OCH3 is 1. The Bertz CT molecular complexity index is 973. The fraction of sp³-hybridized carbons (Fsp3) is 0.227. The van der Waals surface area contributed by atoms with Gasteiger partial charge in [-0.1, -0.05) is 12.1 Å². The maximum atomic E-state index is 12.6. The summed E-state index contributed by atoms with van der Waals surface area (Å²) in [6, 6.07) is 11.3. The van der Waals surface area contributed by atoms with Crippen molar-refractivity contribution in [3.05, 3.63) is 64.9 Å². The van der Waals surface area contributed by atoms with Crippen LogP contribution in [0.15, 0.2) is 48.2 Å². The first-order valence-electron chi connectivity index (χ1n) is 9.03. The molecule has 0 aromatic heterocycles. The lowest BCUT2D eigenvalue weighted by atomic mass is 10.1. The van der Waals surface area contributed by atoms with Crippen LogP contribution in [-0.2, 0) is 14.3 Å². The molecular weight excluding hydrogens is 376 g/mol. The van der Waals surface area contributed by atoms with Crippen LogP contribution in [0.3, 0.4) is 0 Å². The Labute approximate surface area is 167 Å². The molecule has 0 radical (unpaired) electrons. The van der Waals surface area contributed by atoms with Crippen LogP contribution in [0, 0.1) is 0 Å². The summed E-state index contributed by atoms with van der Waals surface area (Å²) in [6.07, 6.45) is 0.805. The number of carbonyl (C=O) groups is 3. The van der Waals surface area contributed by atoms with Crippen molar-refractivity contribution in [2.75, 3.05) is 13.7 Å². The number of ether oxygens (including phenoxy) is 4. The Hall–Kier alpha value is -3.61. The molecule has 0 unspecified atom stereocenters. The highest BCUT2D eigenvalue weighted by Gasteiger charge is 2.28. The molecule has 0 spiro atoms. The largest absolute Gasteiger partial charge is 0.479 e. The predicted octanol–water partition coefficient (Wildman–Crippen LogP) is 3.42. The molecule has 1 atom stereocenters. The highest BCUT2D eigenvalue weighted by molar-refractivity contribution is 6.14. The maximum absolute atomic E-state index is 12.6. The van der Waals surface area contributed by atoms with E-state index in [0.29, 0.717) is 28.2 Å². The van der Waals surface area contributed by atoms with Gasteiger partial charge in [-0.2, -0.15) is 0 Å². The van der Waals surface area contributed by atoms with E-state index in [2.05, 4.69) is 4.74 Å². The molecule has 0 fully saturated rings. The van der Waals surface area contributed by atoms with Gasteiger partial charge in [-0.25, -0.2) is 9.59 Å². The number of esters is 2. The quantitative estimate of drug-likeness (QED) is 0.546. The fourth-order valence-electron chi connectivity index (χ4n) is 2.74. The molecular formula is C22H20O7. The molecule has 7 nitrogen and oxygen atoms in total. The number of hydrogen-bond donors (Lipinski definition) is 0. The average molecular weight is 396 g/mol. The molecule has 150 valence electrons. The summed E-state index contributed by atoms with van der Waals surface area (Å²) in [5.74, 6) is -0.277. The van der Waals surface area contributed by atoms with Crippen LogP contribution in [0.25, 0.3) is 6.08 Å². The van der Waals surface area contributed by atoms with Crippen molar-refractivity contribution >= 4 is 23.8 Å². The highest BCUT2D eigenvalue weighted by atomic mass is 16.6. The van der Waals surface area contributed by atoms with Gasteiger partial charge in [-0.15, -0.1) is 0 Å². The molecule has 0 amide bonds. The summed E-state index contributed by atoms with van der Waals surface area (Å²) in [7, 11) is 1.31. The van der Waals surface area contributed by atoms with Crippen molar-refractivity contribution in [3.63, 3.8) is 0 Å². The molecule has 29 heavy (non-hydrogen) atoms. The first-order chi connectivity index (χ1) is 13.9. The molecule has 1 heterocycles. The lowest BCUT2D eigenvalue weighted by molar-refractivity contribution is -0.150. The second kappa shape index (κ2) is 8.60. The number of fused-ring (bicyclic) bond motifs is 1. The van der Waals surface area contributed by atoms with Crippen molar-refractivity contribution in [1.82, 2.24) is 0 Å². The second-order valence-electron chi connectivity index (χ2n) is 6.22. The van der Waals surface area contributed by atoms with Crippen molar-refractivity contribution in [2.45, 2.75) is 20.0 Å². The lowest BCUT2D eigenvalue weighted by Gasteiger charge is -2.13. The standard InChI is InChI=1S/C22H20O7/c1-4-27-21(24)13(2)28-16-9-10-17-18(12-16)29-19(20(17)23)11-14-5-7-15(8-6-14)22(25)26-3/h5-13H,4H2,1-3H3/t13-/m1/s1. The van der Waals surface area contributed by atoms with Crippen molar-refractivity contribution in [2.24, 2.45) is 0 Å². The zero-order valence-corrected chi connectivity index (χ0v) is 16.3. The van der Waals surface area contributed by atoms with Gasteiger partial charge < -0.3 is 18.9 Å². The van der Waals surface area contributed by atoms with Crippen LogP contribution in [0.5, 0.6) is 11.5 Å². The summed E-state index contributed by atoms with van der Waals surface area (Å²) < 4.78 is 20.8. The van der Waals surface area contributed by atoms with Gasteiger partial charge in [0.25, 0.3) is 0 Å². The van der Waals surface area contributed by atoms with Gasteiger partial charge in [0.2, 0.25) is 5.78 Å². The number of benzene rings is 2. The third-order valence-electron chi connectivity index (χ3n) is 4.20. The molecule has 0 aliphatic carbocycles. The first kappa shape index (κ1) is 20.1. The summed E-state index contributed by atoms with van der Waals surface area (Å²) in [6.45, 7) is 3.57. The van der Waals surface area contributed by atoms with E-state index in [4.69, 9.17) is 14.2 Å². The van der Waals surface area contributed by atoms with Crippen molar-refractivity contribution in [3.8, 4) is 11.5 Å². The number of Topliss-reactive ketones (excluding diaryl/α,β-unsaturated/α-hetero) is 1. The van der Waals surface area contributed by atoms with Gasteiger partial charge in [-0.3, -0.25) is 4.79 Å². The van der Waals surface area contributed by atoms with E-state index in [0.717, 1.165) is 0 Å². The molecule has 2 aromatic carbocycles. The average Bonchev–Trinajstić information content (AvgIpc) is 3.02. The van der Waals surface area contributed by atoms with Crippen LogP contribution in [0.4, 0.5) is 0 Å². The van der Waals surface area contributed by atoms with E-state index >= 15 is 0 Å². The zero-order valence-electron chi connectivity index (χ0n) is 16.3. The summed E-state index contributed by atoms with van der Waals surface area (Å²) in [5.41, 5.74) is 1.51. The molecule has 0 saturated carbocycles. The Morgan fingerprint density at radius 1 is 1.14 bits per heavy atom. The molecule has 0 N–H and O–H groups in total. The summed E-state index contributed by atoms with van der Waals surface area (Å²) >= 11 is 0. The van der Waals surface area contributed by atoms with Crippen molar-refractivity contribution in [1.29, 1.82) is 0 Å². The fourth-order valence-corrected chi connectivity index (χ4v) is 2.74. The zero-order chi connectivity index (χ0) is 21.0. The van der Waals surface area contributed by atoms with Gasteiger partial charge in [0.05, 0.1) is 24.8 Å². The molecule has 0 bridgehead atoms. The predicted molar refractivity (Wildman–Crippen MR) is 104 cm³/mol. The van der Waals surface area contributed by atoms with E-state index in [-0.39, 0.29) is 18.1 Å². The minimum Gasteiger partial charge on any atom is -0.479 e. The SMILES string of the molecule is CCOC(=O)[C@@H](C)Oc1ccc2c(c1)OC(=Cc1ccc(C(=O)OC)cc1)C2=O. The van der Waals surface area contributed by atoms with Crippen LogP contribution in [0.2, 0.25) is 0 Å². The number of rotatable bonds is 6. The smallest absolute Gasteiger partial charge is 0.347 e. The van der Waals surface area contributed by atoms with E-state index in [1.165, 1.54) is 7.11 Å². The summed E-state index contributed by atoms with van der Waals surface area (Å²) in [5, 5.41) is 0. The number of carbonyl (C=O) groups excluding carboxylic acids is 3. The third-order valence-corrected chi connectivity index (χ3v) is 4.20. The third kappa shape index (κ3) is 4.45. The number of hydrogen-bond acceptors (Lipinski definition) is 7. The van der Waals surface area contributed by atoms with E-state index in [1.54, 1.807) is 62.4 Å². The molecule has 0 saturated heterocycles. The van der Waals surface area contributed by atoms with Gasteiger partial charge in [0.15, 0.2) is 11.9 Å². The van der Waals surface area contributed by atoms with Crippen LogP contribution < -0.4 is 9.47 Å². The lowest BCUT2D eigenvalue weighted by Crippen LogP contribution is -2.26. The molecule has 1 aliphatic heterocycles. The monoisotopic (exact) mass is 396 g/mol. The van der Waals surface area contributed by atoms with E-state index in [9.17, 15) is 14.4 Å². The Kier molecular flexibility index (Phi) is 5.97.